The first-order chi connectivity index (χ1) is 12.2. The molecule has 1 N–H and O–H groups in total. The van der Waals surface area contributed by atoms with E-state index in [1.54, 1.807) is 0 Å². The average Bonchev–Trinajstić information content (AvgIpc) is 3.15. The molecule has 0 amide bonds. The van der Waals surface area contributed by atoms with E-state index in [0.29, 0.717) is 23.9 Å². The Kier molecular flexibility index (Phi) is 6.42. The smallest absolute Gasteiger partial charge is 0.138 e. The fourth-order valence-corrected chi connectivity index (χ4v) is 2.87. The second kappa shape index (κ2) is 8.97. The maximum Gasteiger partial charge on any atom is 0.138 e. The predicted octanol–water partition coefficient (Wildman–Crippen LogP) is 4.78. The van der Waals surface area contributed by atoms with Crippen molar-refractivity contribution >= 4 is 17.3 Å². The number of hydrogen-bond acceptors (Lipinski definition) is 4. The zero-order valence-corrected chi connectivity index (χ0v) is 15.2. The summed E-state index contributed by atoms with van der Waals surface area (Å²) >= 11 is 6.11. The van der Waals surface area contributed by atoms with Crippen molar-refractivity contribution in [3.05, 3.63) is 53.6 Å². The second-order valence-electron chi connectivity index (χ2n) is 6.21. The SMILES string of the molecule is CC(CNc1ccc(OCC2CCCO2)cc1)Oc1ccccc1Cl. The Morgan fingerprint density at radius 1 is 1.20 bits per heavy atom. The molecule has 4 nitrogen and oxygen atoms in total. The van der Waals surface area contributed by atoms with Crippen LogP contribution in [-0.2, 0) is 4.74 Å². The van der Waals surface area contributed by atoms with Crippen molar-refractivity contribution < 1.29 is 14.2 Å². The Morgan fingerprint density at radius 2 is 2.00 bits per heavy atom. The monoisotopic (exact) mass is 361 g/mol. The summed E-state index contributed by atoms with van der Waals surface area (Å²) in [6, 6.07) is 15.5. The third kappa shape index (κ3) is 5.55. The molecule has 0 saturated carbocycles. The Bertz CT molecular complexity index is 656. The molecule has 5 heteroatoms. The van der Waals surface area contributed by atoms with Gasteiger partial charge in [-0.05, 0) is 56.2 Å². The minimum Gasteiger partial charge on any atom is -0.491 e. The highest BCUT2D eigenvalue weighted by Crippen LogP contribution is 2.24. The molecule has 1 aliphatic rings. The van der Waals surface area contributed by atoms with Crippen LogP contribution in [-0.4, -0.2) is 32.0 Å². The molecule has 0 aliphatic carbocycles. The van der Waals surface area contributed by atoms with Gasteiger partial charge in [-0.15, -0.1) is 0 Å². The summed E-state index contributed by atoms with van der Waals surface area (Å²) in [6.07, 6.45) is 2.45. The lowest BCUT2D eigenvalue weighted by molar-refractivity contribution is 0.0679. The molecular formula is C20H24ClNO3. The van der Waals surface area contributed by atoms with E-state index < -0.39 is 0 Å². The lowest BCUT2D eigenvalue weighted by Crippen LogP contribution is -2.22. The summed E-state index contributed by atoms with van der Waals surface area (Å²) < 4.78 is 17.2. The zero-order chi connectivity index (χ0) is 17.5. The van der Waals surface area contributed by atoms with Crippen LogP contribution in [0.2, 0.25) is 5.02 Å². The van der Waals surface area contributed by atoms with Crippen LogP contribution in [0.1, 0.15) is 19.8 Å². The van der Waals surface area contributed by atoms with Gasteiger partial charge < -0.3 is 19.5 Å². The van der Waals surface area contributed by atoms with Gasteiger partial charge in [0.2, 0.25) is 0 Å². The average molecular weight is 362 g/mol. The van der Waals surface area contributed by atoms with E-state index in [4.69, 9.17) is 25.8 Å². The second-order valence-corrected chi connectivity index (χ2v) is 6.62. The molecule has 2 aromatic rings. The standard InChI is InChI=1S/C20H24ClNO3/c1-15(25-20-7-3-2-6-19(20)21)13-22-16-8-10-17(11-9-16)24-14-18-5-4-12-23-18/h2-3,6-11,15,18,22H,4-5,12-14H2,1H3. The molecule has 1 heterocycles. The third-order valence-corrected chi connectivity index (χ3v) is 4.38. The number of benzene rings is 2. The van der Waals surface area contributed by atoms with Crippen LogP contribution in [0.4, 0.5) is 5.69 Å². The van der Waals surface area contributed by atoms with Crippen LogP contribution in [0.25, 0.3) is 0 Å². The van der Waals surface area contributed by atoms with Crippen molar-refractivity contribution in [1.82, 2.24) is 0 Å². The van der Waals surface area contributed by atoms with Gasteiger partial charge in [-0.2, -0.15) is 0 Å². The van der Waals surface area contributed by atoms with E-state index in [0.717, 1.165) is 30.9 Å². The van der Waals surface area contributed by atoms with Crippen molar-refractivity contribution in [1.29, 1.82) is 0 Å². The molecule has 0 spiro atoms. The normalized spacial score (nSPS) is 17.9. The summed E-state index contributed by atoms with van der Waals surface area (Å²) in [5, 5.41) is 3.99. The summed E-state index contributed by atoms with van der Waals surface area (Å²) in [5.41, 5.74) is 1.03. The molecular weight excluding hydrogens is 338 g/mol. The van der Waals surface area contributed by atoms with Crippen molar-refractivity contribution in [2.24, 2.45) is 0 Å². The summed E-state index contributed by atoms with van der Waals surface area (Å²) in [6.45, 7) is 4.16. The molecule has 3 rings (SSSR count). The van der Waals surface area contributed by atoms with Gasteiger partial charge in [-0.3, -0.25) is 0 Å². The van der Waals surface area contributed by atoms with Crippen LogP contribution in [0, 0.1) is 0 Å². The minimum atomic E-state index is -0.00431. The van der Waals surface area contributed by atoms with E-state index in [-0.39, 0.29) is 12.2 Å². The molecule has 1 saturated heterocycles. The van der Waals surface area contributed by atoms with Crippen LogP contribution >= 0.6 is 11.6 Å². The highest BCUT2D eigenvalue weighted by Gasteiger charge is 2.15. The van der Waals surface area contributed by atoms with Gasteiger partial charge in [0, 0.05) is 12.3 Å². The minimum absolute atomic E-state index is 0.00431. The molecule has 0 aromatic heterocycles. The van der Waals surface area contributed by atoms with Crippen LogP contribution in [0.5, 0.6) is 11.5 Å². The first-order valence-electron chi connectivity index (χ1n) is 8.70. The Balaban J connectivity index is 1.42. The first-order valence-corrected chi connectivity index (χ1v) is 9.08. The number of halogens is 1. The molecule has 1 aliphatic heterocycles. The predicted molar refractivity (Wildman–Crippen MR) is 101 cm³/mol. The maximum absolute atomic E-state index is 6.11. The van der Waals surface area contributed by atoms with Gasteiger partial charge in [0.1, 0.15) is 24.2 Å². The van der Waals surface area contributed by atoms with Crippen molar-refractivity contribution in [2.45, 2.75) is 32.0 Å². The summed E-state index contributed by atoms with van der Waals surface area (Å²) in [7, 11) is 0. The van der Waals surface area contributed by atoms with Crippen molar-refractivity contribution in [3.63, 3.8) is 0 Å². The molecule has 2 atom stereocenters. The quantitative estimate of drug-likeness (QED) is 0.734. The van der Waals surface area contributed by atoms with Gasteiger partial charge in [-0.1, -0.05) is 23.7 Å². The molecule has 1 fully saturated rings. The van der Waals surface area contributed by atoms with Gasteiger partial charge >= 0.3 is 0 Å². The van der Waals surface area contributed by atoms with E-state index in [1.807, 2.05) is 55.5 Å². The van der Waals surface area contributed by atoms with E-state index in [2.05, 4.69) is 5.32 Å². The number of anilines is 1. The van der Waals surface area contributed by atoms with E-state index in [9.17, 15) is 0 Å². The largest absolute Gasteiger partial charge is 0.491 e. The lowest BCUT2D eigenvalue weighted by Gasteiger charge is -2.17. The summed E-state index contributed by atoms with van der Waals surface area (Å²) in [4.78, 5) is 0. The highest BCUT2D eigenvalue weighted by molar-refractivity contribution is 6.32. The number of para-hydroxylation sites is 1. The van der Waals surface area contributed by atoms with Crippen molar-refractivity contribution in [3.8, 4) is 11.5 Å². The van der Waals surface area contributed by atoms with Crippen LogP contribution in [0.15, 0.2) is 48.5 Å². The molecule has 134 valence electrons. The van der Waals surface area contributed by atoms with Crippen LogP contribution < -0.4 is 14.8 Å². The molecule has 25 heavy (non-hydrogen) atoms. The van der Waals surface area contributed by atoms with Gasteiger partial charge in [0.15, 0.2) is 0 Å². The van der Waals surface area contributed by atoms with E-state index >= 15 is 0 Å². The van der Waals surface area contributed by atoms with E-state index in [1.165, 1.54) is 0 Å². The molecule has 2 unspecified atom stereocenters. The van der Waals surface area contributed by atoms with Gasteiger partial charge in [0.25, 0.3) is 0 Å². The van der Waals surface area contributed by atoms with Gasteiger partial charge in [0.05, 0.1) is 17.7 Å². The first kappa shape index (κ1) is 17.9. The zero-order valence-electron chi connectivity index (χ0n) is 14.4. The fourth-order valence-electron chi connectivity index (χ4n) is 2.69. The maximum atomic E-state index is 6.11. The third-order valence-electron chi connectivity index (χ3n) is 4.07. The van der Waals surface area contributed by atoms with Crippen molar-refractivity contribution in [2.75, 3.05) is 25.1 Å². The van der Waals surface area contributed by atoms with Gasteiger partial charge in [-0.25, -0.2) is 0 Å². The Morgan fingerprint density at radius 3 is 2.72 bits per heavy atom. The number of rotatable bonds is 8. The number of hydrogen-bond donors (Lipinski definition) is 1. The summed E-state index contributed by atoms with van der Waals surface area (Å²) in [5.74, 6) is 1.57. The highest BCUT2D eigenvalue weighted by atomic mass is 35.5. The Labute approximate surface area is 154 Å². The molecule has 0 bridgehead atoms. The molecule has 0 radical (unpaired) electrons. The number of ether oxygens (including phenoxy) is 3. The molecule has 2 aromatic carbocycles. The fraction of sp³-hybridized carbons (Fsp3) is 0.400. The Hall–Kier alpha value is -1.91. The lowest BCUT2D eigenvalue weighted by atomic mass is 10.2. The topological polar surface area (TPSA) is 39.7 Å². The number of nitrogens with one attached hydrogen (secondary N) is 1. The van der Waals surface area contributed by atoms with Crippen LogP contribution in [0.3, 0.4) is 0 Å².